The molecule has 1 N–H and O–H groups in total. The Labute approximate surface area is 158 Å². The van der Waals surface area contributed by atoms with Crippen molar-refractivity contribution in [2.45, 2.75) is 12.5 Å². The molecule has 0 unspecified atom stereocenters. The highest BCUT2D eigenvalue weighted by atomic mass is 16.1. The molecule has 3 nitrogen and oxygen atoms in total. The standard InChI is InChI=1S/C24H20N2O/c27-23(17-18-10-11-19-6-4-5-9-22(19)16-18)26-24(20-7-2-1-3-8-20)21-12-14-25-15-13-21/h1-16,24H,17H2,(H,26,27)/t24-/m0/s1. The molecule has 0 fully saturated rings. The minimum absolute atomic E-state index is 0.00375. The number of carbonyl (C=O) groups is 1. The minimum atomic E-state index is -0.192. The van der Waals surface area contributed by atoms with Crippen LogP contribution in [0.5, 0.6) is 0 Å². The molecule has 0 aliphatic carbocycles. The molecule has 3 heteroatoms. The second-order valence-corrected chi connectivity index (χ2v) is 6.55. The predicted octanol–water partition coefficient (Wildman–Crippen LogP) is 4.68. The van der Waals surface area contributed by atoms with E-state index in [2.05, 4.69) is 34.6 Å². The first-order valence-electron chi connectivity index (χ1n) is 9.01. The van der Waals surface area contributed by atoms with Crippen molar-refractivity contribution in [3.8, 4) is 0 Å². The number of aromatic nitrogens is 1. The van der Waals surface area contributed by atoms with Gasteiger partial charge in [0.05, 0.1) is 12.5 Å². The molecule has 0 bridgehead atoms. The van der Waals surface area contributed by atoms with Crippen LogP contribution in [-0.4, -0.2) is 10.9 Å². The lowest BCUT2D eigenvalue weighted by Gasteiger charge is -2.20. The molecule has 1 aromatic heterocycles. The number of benzene rings is 3. The maximum Gasteiger partial charge on any atom is 0.225 e. The summed E-state index contributed by atoms with van der Waals surface area (Å²) in [6.07, 6.45) is 3.85. The zero-order valence-corrected chi connectivity index (χ0v) is 14.9. The lowest BCUT2D eigenvalue weighted by Crippen LogP contribution is -2.30. The third-order valence-electron chi connectivity index (χ3n) is 4.66. The molecule has 0 spiro atoms. The van der Waals surface area contributed by atoms with Crippen LogP contribution in [0, 0.1) is 0 Å². The van der Waals surface area contributed by atoms with Gasteiger partial charge in [-0.25, -0.2) is 0 Å². The number of pyridine rings is 1. The van der Waals surface area contributed by atoms with Crippen LogP contribution in [0.2, 0.25) is 0 Å². The predicted molar refractivity (Wildman–Crippen MR) is 108 cm³/mol. The van der Waals surface area contributed by atoms with Crippen LogP contribution < -0.4 is 5.32 Å². The number of rotatable bonds is 5. The summed E-state index contributed by atoms with van der Waals surface area (Å²) in [5, 5.41) is 5.51. The number of amides is 1. The topological polar surface area (TPSA) is 42.0 Å². The zero-order valence-electron chi connectivity index (χ0n) is 14.9. The second-order valence-electron chi connectivity index (χ2n) is 6.55. The lowest BCUT2D eigenvalue weighted by atomic mass is 9.99. The van der Waals surface area contributed by atoms with E-state index < -0.39 is 0 Å². The summed E-state index contributed by atoms with van der Waals surface area (Å²) < 4.78 is 0. The van der Waals surface area contributed by atoms with E-state index in [1.54, 1.807) is 12.4 Å². The molecule has 1 amide bonds. The van der Waals surface area contributed by atoms with Crippen molar-refractivity contribution in [1.29, 1.82) is 0 Å². The summed E-state index contributed by atoms with van der Waals surface area (Å²) in [5.74, 6) is -0.00375. The van der Waals surface area contributed by atoms with E-state index in [4.69, 9.17) is 0 Å². The van der Waals surface area contributed by atoms with Gasteiger partial charge < -0.3 is 5.32 Å². The van der Waals surface area contributed by atoms with Gasteiger partial charge in [0.2, 0.25) is 5.91 Å². The largest absolute Gasteiger partial charge is 0.345 e. The van der Waals surface area contributed by atoms with Crippen molar-refractivity contribution in [3.05, 3.63) is 114 Å². The number of hydrogen-bond donors (Lipinski definition) is 1. The lowest BCUT2D eigenvalue weighted by molar-refractivity contribution is -0.120. The zero-order chi connectivity index (χ0) is 18.5. The van der Waals surface area contributed by atoms with Crippen molar-refractivity contribution in [2.75, 3.05) is 0 Å². The van der Waals surface area contributed by atoms with Crippen LogP contribution >= 0.6 is 0 Å². The van der Waals surface area contributed by atoms with Gasteiger partial charge in [-0.1, -0.05) is 72.8 Å². The summed E-state index contributed by atoms with van der Waals surface area (Å²) in [6.45, 7) is 0. The summed E-state index contributed by atoms with van der Waals surface area (Å²) in [6, 6.07) is 28.0. The van der Waals surface area contributed by atoms with Gasteiger partial charge in [0.25, 0.3) is 0 Å². The average molecular weight is 352 g/mol. The highest BCUT2D eigenvalue weighted by Gasteiger charge is 2.17. The van der Waals surface area contributed by atoms with Gasteiger partial charge in [-0.05, 0) is 39.6 Å². The van der Waals surface area contributed by atoms with Gasteiger partial charge in [-0.2, -0.15) is 0 Å². The van der Waals surface area contributed by atoms with Crippen molar-refractivity contribution in [2.24, 2.45) is 0 Å². The van der Waals surface area contributed by atoms with Crippen molar-refractivity contribution >= 4 is 16.7 Å². The summed E-state index contributed by atoms with van der Waals surface area (Å²) >= 11 is 0. The first-order valence-corrected chi connectivity index (χ1v) is 9.01. The Balaban J connectivity index is 1.56. The fourth-order valence-electron chi connectivity index (χ4n) is 3.31. The number of fused-ring (bicyclic) bond motifs is 1. The van der Waals surface area contributed by atoms with Crippen LogP contribution in [0.3, 0.4) is 0 Å². The van der Waals surface area contributed by atoms with E-state index in [1.165, 1.54) is 5.39 Å². The van der Waals surface area contributed by atoms with E-state index in [9.17, 15) is 4.79 Å². The van der Waals surface area contributed by atoms with Gasteiger partial charge in [-0.15, -0.1) is 0 Å². The molecular weight excluding hydrogens is 332 g/mol. The molecule has 1 heterocycles. The summed E-state index contributed by atoms with van der Waals surface area (Å²) in [5.41, 5.74) is 3.08. The Bertz CT molecular complexity index is 1010. The summed E-state index contributed by atoms with van der Waals surface area (Å²) in [7, 11) is 0. The van der Waals surface area contributed by atoms with Crippen LogP contribution in [0.25, 0.3) is 10.8 Å². The molecule has 0 saturated heterocycles. The maximum atomic E-state index is 12.8. The smallest absolute Gasteiger partial charge is 0.225 e. The Morgan fingerprint density at radius 3 is 2.22 bits per heavy atom. The Morgan fingerprint density at radius 1 is 0.778 bits per heavy atom. The highest BCUT2D eigenvalue weighted by Crippen LogP contribution is 2.22. The summed E-state index contributed by atoms with van der Waals surface area (Å²) in [4.78, 5) is 16.9. The minimum Gasteiger partial charge on any atom is -0.345 e. The molecule has 27 heavy (non-hydrogen) atoms. The molecule has 0 saturated carbocycles. The second kappa shape index (κ2) is 7.83. The van der Waals surface area contributed by atoms with E-state index in [0.29, 0.717) is 6.42 Å². The van der Waals surface area contributed by atoms with Gasteiger partial charge in [-0.3, -0.25) is 9.78 Å². The highest BCUT2D eigenvalue weighted by molar-refractivity contribution is 5.85. The quantitative estimate of drug-likeness (QED) is 0.566. The van der Waals surface area contributed by atoms with E-state index in [-0.39, 0.29) is 11.9 Å². The van der Waals surface area contributed by atoms with Crippen molar-refractivity contribution in [3.63, 3.8) is 0 Å². The fourth-order valence-corrected chi connectivity index (χ4v) is 3.31. The van der Waals surface area contributed by atoms with E-state index in [1.807, 2.05) is 60.7 Å². The average Bonchev–Trinajstić information content (AvgIpc) is 2.73. The molecule has 0 radical (unpaired) electrons. The third-order valence-corrected chi connectivity index (χ3v) is 4.66. The van der Waals surface area contributed by atoms with Gasteiger partial charge in [0.1, 0.15) is 0 Å². The molecule has 132 valence electrons. The van der Waals surface area contributed by atoms with Crippen molar-refractivity contribution in [1.82, 2.24) is 10.3 Å². The Hall–Kier alpha value is -3.46. The Morgan fingerprint density at radius 2 is 1.44 bits per heavy atom. The SMILES string of the molecule is O=C(Cc1ccc2ccccc2c1)N[C@@H](c1ccccc1)c1ccncc1. The van der Waals surface area contributed by atoms with Crippen LogP contribution in [0.1, 0.15) is 22.7 Å². The number of nitrogens with one attached hydrogen (secondary N) is 1. The molecule has 3 aromatic carbocycles. The Kier molecular flexibility index (Phi) is 4.93. The number of nitrogens with zero attached hydrogens (tertiary/aromatic N) is 1. The first kappa shape index (κ1) is 17.0. The molecule has 4 aromatic rings. The van der Waals surface area contributed by atoms with Gasteiger partial charge in [0.15, 0.2) is 0 Å². The van der Waals surface area contributed by atoms with E-state index in [0.717, 1.165) is 22.1 Å². The molecule has 0 aliphatic rings. The van der Waals surface area contributed by atoms with Crippen LogP contribution in [-0.2, 0) is 11.2 Å². The molecular formula is C24H20N2O. The van der Waals surface area contributed by atoms with Gasteiger partial charge in [0, 0.05) is 12.4 Å². The van der Waals surface area contributed by atoms with Crippen LogP contribution in [0.4, 0.5) is 0 Å². The fraction of sp³-hybridized carbons (Fsp3) is 0.0833. The molecule has 1 atom stereocenters. The molecule has 0 aliphatic heterocycles. The normalized spacial score (nSPS) is 11.9. The van der Waals surface area contributed by atoms with E-state index >= 15 is 0 Å². The van der Waals surface area contributed by atoms with Crippen LogP contribution in [0.15, 0.2) is 97.3 Å². The first-order chi connectivity index (χ1) is 13.3. The van der Waals surface area contributed by atoms with Gasteiger partial charge >= 0.3 is 0 Å². The number of hydrogen-bond acceptors (Lipinski definition) is 2. The monoisotopic (exact) mass is 352 g/mol. The third kappa shape index (κ3) is 4.04. The maximum absolute atomic E-state index is 12.8. The van der Waals surface area contributed by atoms with Crippen molar-refractivity contribution < 1.29 is 4.79 Å². The number of carbonyl (C=O) groups excluding carboxylic acids is 1. The molecule has 4 rings (SSSR count).